The molecule has 1 saturated heterocycles. The van der Waals surface area contributed by atoms with Crippen LogP contribution in [-0.4, -0.2) is 42.0 Å². The van der Waals surface area contributed by atoms with Gasteiger partial charge in [-0.3, -0.25) is 19.6 Å². The fraction of sp³-hybridized carbons (Fsp3) is 0.368. The largest absolute Gasteiger partial charge is 0.497 e. The normalized spacial score (nSPS) is 14.2. The van der Waals surface area contributed by atoms with E-state index in [4.69, 9.17) is 4.74 Å². The molecule has 0 saturated carbocycles. The van der Waals surface area contributed by atoms with E-state index < -0.39 is 0 Å². The average Bonchev–Trinajstić information content (AvgIpc) is 3.00. The second-order valence-corrected chi connectivity index (χ2v) is 6.02. The van der Waals surface area contributed by atoms with E-state index in [1.165, 1.54) is 6.92 Å². The number of carbonyl (C=O) groups excluding carboxylic acids is 2. The summed E-state index contributed by atoms with van der Waals surface area (Å²) in [6.07, 6.45) is 2.02. The van der Waals surface area contributed by atoms with Crippen molar-refractivity contribution in [2.75, 3.05) is 20.2 Å². The van der Waals surface area contributed by atoms with Crippen molar-refractivity contribution in [2.45, 2.75) is 26.2 Å². The molecule has 0 aliphatic carbocycles. The number of methoxy groups -OCH3 is 1. The molecule has 5 nitrogen and oxygen atoms in total. The van der Waals surface area contributed by atoms with E-state index in [2.05, 4.69) is 12.1 Å². The number of hydrogen-bond acceptors (Lipinski definition) is 3. The van der Waals surface area contributed by atoms with Crippen LogP contribution in [0.3, 0.4) is 0 Å². The zero-order chi connectivity index (χ0) is 17.1. The molecule has 2 aromatic rings. The van der Waals surface area contributed by atoms with Gasteiger partial charge >= 0.3 is 0 Å². The van der Waals surface area contributed by atoms with Crippen molar-refractivity contribution in [1.82, 2.24) is 10.0 Å². The Hall–Kier alpha value is -2.56. The number of carbonyl (C=O) groups is 2. The van der Waals surface area contributed by atoms with Crippen molar-refractivity contribution in [3.05, 3.63) is 42.0 Å². The van der Waals surface area contributed by atoms with E-state index in [-0.39, 0.29) is 11.8 Å². The third-order valence-corrected chi connectivity index (χ3v) is 4.48. The van der Waals surface area contributed by atoms with Crippen LogP contribution in [0, 0.1) is 0 Å². The molecule has 5 heteroatoms. The van der Waals surface area contributed by atoms with Crippen molar-refractivity contribution in [3.8, 4) is 5.75 Å². The Kier molecular flexibility index (Phi) is 4.69. The van der Waals surface area contributed by atoms with Crippen molar-refractivity contribution in [3.63, 3.8) is 0 Å². The van der Waals surface area contributed by atoms with Crippen LogP contribution >= 0.6 is 0 Å². The first-order valence-electron chi connectivity index (χ1n) is 8.24. The van der Waals surface area contributed by atoms with Gasteiger partial charge in [0.1, 0.15) is 5.75 Å². The number of ether oxygens (including phenoxy) is 1. The SMILES string of the molecule is COc1ccc2cccc(CCN(C(C)=O)N3CCCC3=O)c2c1. The fourth-order valence-corrected chi connectivity index (χ4v) is 3.23. The van der Waals surface area contributed by atoms with Crippen LogP contribution in [0.5, 0.6) is 5.75 Å². The highest BCUT2D eigenvalue weighted by Gasteiger charge is 2.27. The maximum Gasteiger partial charge on any atom is 0.241 e. The summed E-state index contributed by atoms with van der Waals surface area (Å²) in [5, 5.41) is 5.43. The van der Waals surface area contributed by atoms with E-state index in [9.17, 15) is 9.59 Å². The Bertz CT molecular complexity index is 772. The summed E-state index contributed by atoms with van der Waals surface area (Å²) < 4.78 is 5.32. The quantitative estimate of drug-likeness (QED) is 0.849. The van der Waals surface area contributed by atoms with Gasteiger partial charge in [-0.15, -0.1) is 0 Å². The molecule has 1 heterocycles. The van der Waals surface area contributed by atoms with Gasteiger partial charge in [0.25, 0.3) is 0 Å². The van der Waals surface area contributed by atoms with E-state index in [1.54, 1.807) is 17.1 Å². The van der Waals surface area contributed by atoms with Crippen molar-refractivity contribution in [2.24, 2.45) is 0 Å². The molecular weight excluding hydrogens is 304 g/mol. The molecule has 0 atom stereocenters. The smallest absolute Gasteiger partial charge is 0.241 e. The standard InChI is InChI=1S/C19H22N2O3/c1-14(22)20(21-11-4-7-19(21)23)12-10-16-6-3-5-15-8-9-17(24-2)13-18(15)16/h3,5-6,8-9,13H,4,7,10-12H2,1-2H3. The van der Waals surface area contributed by atoms with Crippen molar-refractivity contribution in [1.29, 1.82) is 0 Å². The maximum atomic E-state index is 12.0. The topological polar surface area (TPSA) is 49.9 Å². The Morgan fingerprint density at radius 3 is 2.79 bits per heavy atom. The molecule has 2 amide bonds. The maximum absolute atomic E-state index is 12.0. The molecule has 126 valence electrons. The van der Waals surface area contributed by atoms with Gasteiger partial charge in [-0.1, -0.05) is 24.3 Å². The van der Waals surface area contributed by atoms with Crippen molar-refractivity contribution < 1.29 is 14.3 Å². The Morgan fingerprint density at radius 1 is 1.29 bits per heavy atom. The van der Waals surface area contributed by atoms with Gasteiger partial charge in [-0.25, -0.2) is 0 Å². The molecule has 0 unspecified atom stereocenters. The highest BCUT2D eigenvalue weighted by Crippen LogP contribution is 2.25. The molecule has 0 aromatic heterocycles. The second-order valence-electron chi connectivity index (χ2n) is 6.02. The highest BCUT2D eigenvalue weighted by atomic mass is 16.5. The first-order chi connectivity index (χ1) is 11.6. The van der Waals surface area contributed by atoms with Gasteiger partial charge in [0.15, 0.2) is 0 Å². The first kappa shape index (κ1) is 16.3. The summed E-state index contributed by atoms with van der Waals surface area (Å²) in [7, 11) is 1.65. The highest BCUT2D eigenvalue weighted by molar-refractivity contribution is 5.87. The molecule has 1 fully saturated rings. The number of hydrogen-bond donors (Lipinski definition) is 0. The number of nitrogens with zero attached hydrogens (tertiary/aromatic N) is 2. The van der Waals surface area contributed by atoms with Gasteiger partial charge in [0.2, 0.25) is 11.8 Å². The molecular formula is C19H22N2O3. The molecule has 0 bridgehead atoms. The van der Waals surface area contributed by atoms with E-state index >= 15 is 0 Å². The molecule has 3 rings (SSSR count). The zero-order valence-electron chi connectivity index (χ0n) is 14.1. The number of amides is 2. The van der Waals surface area contributed by atoms with Crippen LogP contribution in [0.15, 0.2) is 36.4 Å². The van der Waals surface area contributed by atoms with Crippen LogP contribution in [0.1, 0.15) is 25.3 Å². The fourth-order valence-electron chi connectivity index (χ4n) is 3.23. The summed E-state index contributed by atoms with van der Waals surface area (Å²) in [5.74, 6) is 0.751. The minimum absolute atomic E-state index is 0.0322. The lowest BCUT2D eigenvalue weighted by molar-refractivity contribution is -0.158. The lowest BCUT2D eigenvalue weighted by Crippen LogP contribution is -2.47. The molecule has 0 spiro atoms. The minimum atomic E-state index is -0.0944. The second kappa shape index (κ2) is 6.91. The zero-order valence-corrected chi connectivity index (χ0v) is 14.1. The monoisotopic (exact) mass is 326 g/mol. The van der Waals surface area contributed by atoms with Gasteiger partial charge in [0.05, 0.1) is 7.11 Å². The number of rotatable bonds is 5. The van der Waals surface area contributed by atoms with E-state index in [1.807, 2.05) is 24.3 Å². The Labute approximate surface area is 141 Å². The average molecular weight is 326 g/mol. The van der Waals surface area contributed by atoms with Gasteiger partial charge in [-0.2, -0.15) is 0 Å². The van der Waals surface area contributed by atoms with Crippen LogP contribution in [0.25, 0.3) is 10.8 Å². The van der Waals surface area contributed by atoms with Crippen LogP contribution in [0.2, 0.25) is 0 Å². The van der Waals surface area contributed by atoms with Crippen LogP contribution in [-0.2, 0) is 16.0 Å². The van der Waals surface area contributed by atoms with Crippen molar-refractivity contribution >= 4 is 22.6 Å². The molecule has 24 heavy (non-hydrogen) atoms. The number of hydrazine groups is 1. The summed E-state index contributed by atoms with van der Waals surface area (Å²) in [4.78, 5) is 23.9. The lowest BCUT2D eigenvalue weighted by Gasteiger charge is -2.30. The minimum Gasteiger partial charge on any atom is -0.497 e. The molecule has 0 N–H and O–H groups in total. The first-order valence-corrected chi connectivity index (χ1v) is 8.24. The summed E-state index contributed by atoms with van der Waals surface area (Å²) in [6, 6.07) is 12.1. The molecule has 1 aliphatic heterocycles. The van der Waals surface area contributed by atoms with Gasteiger partial charge < -0.3 is 4.74 Å². The predicted octanol–water partition coefficient (Wildman–Crippen LogP) is 2.78. The predicted molar refractivity (Wildman–Crippen MR) is 92.5 cm³/mol. The molecule has 2 aromatic carbocycles. The molecule has 1 aliphatic rings. The summed E-state index contributed by atoms with van der Waals surface area (Å²) in [5.41, 5.74) is 1.14. The third kappa shape index (κ3) is 3.20. The van der Waals surface area contributed by atoms with E-state index in [0.717, 1.165) is 28.5 Å². The lowest BCUT2D eigenvalue weighted by atomic mass is 10.0. The number of benzene rings is 2. The van der Waals surface area contributed by atoms with Crippen LogP contribution < -0.4 is 4.74 Å². The van der Waals surface area contributed by atoms with E-state index in [0.29, 0.717) is 25.9 Å². The third-order valence-electron chi connectivity index (χ3n) is 4.48. The Balaban J connectivity index is 1.83. The summed E-state index contributed by atoms with van der Waals surface area (Å²) in [6.45, 7) is 2.64. The van der Waals surface area contributed by atoms with Gasteiger partial charge in [-0.05, 0) is 41.3 Å². The number of fused-ring (bicyclic) bond motifs is 1. The van der Waals surface area contributed by atoms with Crippen LogP contribution in [0.4, 0.5) is 0 Å². The molecule has 0 radical (unpaired) electrons. The Morgan fingerprint density at radius 2 is 2.12 bits per heavy atom. The van der Waals surface area contributed by atoms with Gasteiger partial charge in [0, 0.05) is 26.4 Å². The summed E-state index contributed by atoms with van der Waals surface area (Å²) >= 11 is 0.